The predicted molar refractivity (Wildman–Crippen MR) is 107 cm³/mol. The zero-order valence-electron chi connectivity index (χ0n) is 13.7. The molecule has 0 radical (unpaired) electrons. The average molecular weight is 446 g/mol. The lowest BCUT2D eigenvalue weighted by Crippen LogP contribution is -2.02. The van der Waals surface area contributed by atoms with E-state index in [0.717, 1.165) is 20.3 Å². The first-order valence-electron chi connectivity index (χ1n) is 8.03. The van der Waals surface area contributed by atoms with Gasteiger partial charge in [-0.05, 0) is 51.4 Å². The van der Waals surface area contributed by atoms with Crippen molar-refractivity contribution in [2.75, 3.05) is 0 Å². The molecule has 3 aromatic carbocycles. The summed E-state index contributed by atoms with van der Waals surface area (Å²) in [7, 11) is 0. The fourth-order valence-corrected chi connectivity index (χ4v) is 3.00. The Balaban J connectivity index is 1.78. The van der Waals surface area contributed by atoms with Crippen molar-refractivity contribution < 1.29 is 14.6 Å². The van der Waals surface area contributed by atoms with Crippen molar-refractivity contribution in [3.05, 3.63) is 93.1 Å². The van der Waals surface area contributed by atoms with Crippen LogP contribution in [0.25, 0.3) is 0 Å². The Hall–Kier alpha value is -2.05. The zero-order chi connectivity index (χ0) is 17.5. The van der Waals surface area contributed by atoms with Crippen LogP contribution in [0, 0.1) is 3.57 Å². The number of aliphatic hydroxyl groups is 1. The van der Waals surface area contributed by atoms with Crippen LogP contribution >= 0.6 is 22.6 Å². The number of rotatable bonds is 7. The van der Waals surface area contributed by atoms with E-state index < -0.39 is 0 Å². The van der Waals surface area contributed by atoms with E-state index in [1.54, 1.807) is 0 Å². The first kappa shape index (κ1) is 17.8. The molecular formula is C21H19IO3. The van der Waals surface area contributed by atoms with Crippen LogP contribution in [-0.4, -0.2) is 5.11 Å². The van der Waals surface area contributed by atoms with E-state index in [0.29, 0.717) is 24.7 Å². The van der Waals surface area contributed by atoms with Crippen molar-refractivity contribution in [2.24, 2.45) is 0 Å². The molecule has 0 aliphatic carbocycles. The molecule has 0 amide bonds. The predicted octanol–water partition coefficient (Wildman–Crippen LogP) is 4.94. The lowest BCUT2D eigenvalue weighted by Gasteiger charge is -2.15. The highest BCUT2D eigenvalue weighted by molar-refractivity contribution is 14.1. The van der Waals surface area contributed by atoms with Gasteiger partial charge in [0.1, 0.15) is 13.2 Å². The highest BCUT2D eigenvalue weighted by Gasteiger charge is 2.11. The van der Waals surface area contributed by atoms with Gasteiger partial charge in [-0.3, -0.25) is 0 Å². The molecule has 0 spiro atoms. The van der Waals surface area contributed by atoms with E-state index >= 15 is 0 Å². The summed E-state index contributed by atoms with van der Waals surface area (Å²) in [6, 6.07) is 23.8. The molecule has 0 unspecified atom stereocenters. The second kappa shape index (κ2) is 8.87. The molecule has 25 heavy (non-hydrogen) atoms. The topological polar surface area (TPSA) is 38.7 Å². The van der Waals surface area contributed by atoms with E-state index in [1.807, 2.05) is 72.8 Å². The SMILES string of the molecule is OCc1cc(OCc2ccccc2)c(OCc2ccccc2)cc1I. The molecular weight excluding hydrogens is 427 g/mol. The number of ether oxygens (including phenoxy) is 2. The number of benzene rings is 3. The first-order chi connectivity index (χ1) is 12.3. The summed E-state index contributed by atoms with van der Waals surface area (Å²) in [4.78, 5) is 0. The van der Waals surface area contributed by atoms with Crippen LogP contribution in [0.2, 0.25) is 0 Å². The number of hydrogen-bond donors (Lipinski definition) is 1. The quantitative estimate of drug-likeness (QED) is 0.523. The molecule has 3 aromatic rings. The van der Waals surface area contributed by atoms with Gasteiger partial charge < -0.3 is 14.6 Å². The molecule has 3 rings (SSSR count). The molecule has 4 heteroatoms. The Labute approximate surface area is 161 Å². The summed E-state index contributed by atoms with van der Waals surface area (Å²) >= 11 is 2.20. The van der Waals surface area contributed by atoms with E-state index in [4.69, 9.17) is 9.47 Å². The molecule has 0 aromatic heterocycles. The van der Waals surface area contributed by atoms with E-state index in [2.05, 4.69) is 22.6 Å². The Morgan fingerprint density at radius 1 is 0.720 bits per heavy atom. The molecule has 3 nitrogen and oxygen atoms in total. The van der Waals surface area contributed by atoms with E-state index in [1.165, 1.54) is 0 Å². The highest BCUT2D eigenvalue weighted by Crippen LogP contribution is 2.33. The van der Waals surface area contributed by atoms with Gasteiger partial charge in [-0.25, -0.2) is 0 Å². The second-order valence-electron chi connectivity index (χ2n) is 5.60. The normalized spacial score (nSPS) is 10.5. The Kier molecular flexibility index (Phi) is 6.30. The second-order valence-corrected chi connectivity index (χ2v) is 6.76. The van der Waals surface area contributed by atoms with E-state index in [9.17, 15) is 5.11 Å². The van der Waals surface area contributed by atoms with Crippen molar-refractivity contribution >= 4 is 22.6 Å². The third-order valence-electron chi connectivity index (χ3n) is 3.76. The van der Waals surface area contributed by atoms with Gasteiger partial charge >= 0.3 is 0 Å². The molecule has 0 bridgehead atoms. The number of halogens is 1. The third-order valence-corrected chi connectivity index (χ3v) is 4.76. The molecule has 0 saturated carbocycles. The van der Waals surface area contributed by atoms with Crippen LogP contribution in [0.5, 0.6) is 11.5 Å². The van der Waals surface area contributed by atoms with Crippen LogP contribution < -0.4 is 9.47 Å². The van der Waals surface area contributed by atoms with Crippen molar-refractivity contribution in [3.63, 3.8) is 0 Å². The van der Waals surface area contributed by atoms with Gasteiger partial charge in [0.25, 0.3) is 0 Å². The summed E-state index contributed by atoms with van der Waals surface area (Å²) in [5.41, 5.74) is 3.01. The van der Waals surface area contributed by atoms with Crippen LogP contribution in [0.15, 0.2) is 72.8 Å². The Bertz CT molecular complexity index is 804. The smallest absolute Gasteiger partial charge is 0.162 e. The molecule has 128 valence electrons. The summed E-state index contributed by atoms with van der Waals surface area (Å²) in [5.74, 6) is 1.32. The minimum Gasteiger partial charge on any atom is -0.485 e. The first-order valence-corrected chi connectivity index (χ1v) is 9.11. The van der Waals surface area contributed by atoms with Gasteiger partial charge in [0.15, 0.2) is 11.5 Å². The molecule has 1 N–H and O–H groups in total. The Morgan fingerprint density at radius 3 is 1.68 bits per heavy atom. The maximum Gasteiger partial charge on any atom is 0.162 e. The summed E-state index contributed by atoms with van der Waals surface area (Å²) < 4.78 is 12.9. The minimum absolute atomic E-state index is 0.0288. The molecule has 0 aliphatic rings. The standard InChI is InChI=1S/C21H19IO3/c22-19-12-21(25-15-17-9-5-2-6-10-17)20(11-18(19)13-23)24-14-16-7-3-1-4-8-16/h1-12,23H,13-15H2. The maximum absolute atomic E-state index is 9.53. The third kappa shape index (κ3) is 4.96. The van der Waals surface area contributed by atoms with Crippen LogP contribution in [0.1, 0.15) is 16.7 Å². The van der Waals surface area contributed by atoms with Gasteiger partial charge in [-0.1, -0.05) is 60.7 Å². The summed E-state index contributed by atoms with van der Waals surface area (Å²) in [5, 5.41) is 9.53. The lowest BCUT2D eigenvalue weighted by atomic mass is 10.2. The van der Waals surface area contributed by atoms with Crippen LogP contribution in [0.4, 0.5) is 0 Å². The van der Waals surface area contributed by atoms with Crippen molar-refractivity contribution in [1.82, 2.24) is 0 Å². The van der Waals surface area contributed by atoms with Crippen molar-refractivity contribution in [3.8, 4) is 11.5 Å². The summed E-state index contributed by atoms with van der Waals surface area (Å²) in [6.07, 6.45) is 0. The zero-order valence-corrected chi connectivity index (χ0v) is 15.8. The van der Waals surface area contributed by atoms with Gasteiger partial charge in [-0.15, -0.1) is 0 Å². The monoisotopic (exact) mass is 446 g/mol. The highest BCUT2D eigenvalue weighted by atomic mass is 127. The number of aliphatic hydroxyl groups excluding tert-OH is 1. The molecule has 0 heterocycles. The summed E-state index contributed by atoms with van der Waals surface area (Å²) in [6.45, 7) is 0.893. The lowest BCUT2D eigenvalue weighted by molar-refractivity contribution is 0.251. The largest absolute Gasteiger partial charge is 0.485 e. The fourth-order valence-electron chi connectivity index (χ4n) is 2.39. The molecule has 0 fully saturated rings. The Morgan fingerprint density at radius 2 is 1.20 bits per heavy atom. The molecule has 0 saturated heterocycles. The minimum atomic E-state index is -0.0288. The van der Waals surface area contributed by atoms with Crippen LogP contribution in [-0.2, 0) is 19.8 Å². The van der Waals surface area contributed by atoms with Crippen LogP contribution in [0.3, 0.4) is 0 Å². The average Bonchev–Trinajstić information content (AvgIpc) is 2.67. The van der Waals surface area contributed by atoms with Gasteiger partial charge in [-0.2, -0.15) is 0 Å². The van der Waals surface area contributed by atoms with Crippen molar-refractivity contribution in [1.29, 1.82) is 0 Å². The van der Waals surface area contributed by atoms with E-state index in [-0.39, 0.29) is 6.61 Å². The molecule has 0 aliphatic heterocycles. The molecule has 0 atom stereocenters. The van der Waals surface area contributed by atoms with Gasteiger partial charge in [0, 0.05) is 3.57 Å². The van der Waals surface area contributed by atoms with Crippen molar-refractivity contribution in [2.45, 2.75) is 19.8 Å². The van der Waals surface area contributed by atoms with Gasteiger partial charge in [0.05, 0.1) is 6.61 Å². The maximum atomic E-state index is 9.53. The van der Waals surface area contributed by atoms with Gasteiger partial charge in [0.2, 0.25) is 0 Å². The fraction of sp³-hybridized carbons (Fsp3) is 0.143. The number of hydrogen-bond acceptors (Lipinski definition) is 3.